The Morgan fingerprint density at radius 3 is 2.67 bits per heavy atom. The van der Waals surface area contributed by atoms with E-state index in [4.69, 9.17) is 5.73 Å². The number of anilines is 1. The van der Waals surface area contributed by atoms with Crippen molar-refractivity contribution in [2.75, 3.05) is 19.3 Å². The van der Waals surface area contributed by atoms with Gasteiger partial charge in [-0.1, -0.05) is 0 Å². The van der Waals surface area contributed by atoms with Gasteiger partial charge in [0.25, 0.3) is 0 Å². The number of likely N-dealkylation sites (tertiary alicyclic amines) is 1. The monoisotopic (exact) mass is 272 g/mol. The molecule has 18 heavy (non-hydrogen) atoms. The van der Waals surface area contributed by atoms with Gasteiger partial charge in [0.2, 0.25) is 5.91 Å². The van der Waals surface area contributed by atoms with Gasteiger partial charge >= 0.3 is 0 Å². The zero-order valence-electron chi connectivity index (χ0n) is 9.76. The van der Waals surface area contributed by atoms with Gasteiger partial charge in [0.05, 0.1) is 10.6 Å². The molecule has 0 bridgehead atoms. The van der Waals surface area contributed by atoms with Crippen molar-refractivity contribution in [2.24, 2.45) is 0 Å². The predicted molar refractivity (Wildman–Crippen MR) is 64.0 cm³/mol. The molecule has 98 valence electrons. The lowest BCUT2D eigenvalue weighted by atomic mass is 10.3. The highest BCUT2D eigenvalue weighted by atomic mass is 32.2. The van der Waals surface area contributed by atoms with E-state index in [-0.39, 0.29) is 17.0 Å². The van der Waals surface area contributed by atoms with Crippen LogP contribution in [0.3, 0.4) is 0 Å². The minimum atomic E-state index is -3.93. The zero-order valence-corrected chi connectivity index (χ0v) is 10.6. The predicted octanol–water partition coefficient (Wildman–Crippen LogP) is 0.412. The molecule has 0 aromatic heterocycles. The Morgan fingerprint density at radius 2 is 2.11 bits per heavy atom. The molecule has 1 atom stereocenters. The summed E-state index contributed by atoms with van der Waals surface area (Å²) in [5, 5.41) is -1.16. The van der Waals surface area contributed by atoms with Crippen molar-refractivity contribution in [3.63, 3.8) is 0 Å². The zero-order chi connectivity index (χ0) is 13.5. The van der Waals surface area contributed by atoms with E-state index in [1.807, 2.05) is 0 Å². The fourth-order valence-electron chi connectivity index (χ4n) is 1.99. The van der Waals surface area contributed by atoms with Crippen molar-refractivity contribution >= 4 is 21.4 Å². The van der Waals surface area contributed by atoms with Crippen molar-refractivity contribution in [2.45, 2.75) is 16.6 Å². The summed E-state index contributed by atoms with van der Waals surface area (Å²) in [7, 11) is -2.40. The number of nitrogens with two attached hydrogens (primary N) is 1. The molecule has 1 aromatic carbocycles. The lowest BCUT2D eigenvalue weighted by Gasteiger charge is -2.13. The lowest BCUT2D eigenvalue weighted by Crippen LogP contribution is -2.32. The molecule has 0 radical (unpaired) electrons. The minimum Gasteiger partial charge on any atom is -0.398 e. The fraction of sp³-hybridized carbons (Fsp3) is 0.364. The Kier molecular flexibility index (Phi) is 3.02. The van der Waals surface area contributed by atoms with Gasteiger partial charge in [-0.3, -0.25) is 4.79 Å². The number of hydrogen-bond acceptors (Lipinski definition) is 4. The second kappa shape index (κ2) is 4.24. The van der Waals surface area contributed by atoms with Gasteiger partial charge in [0.15, 0.2) is 9.84 Å². The first kappa shape index (κ1) is 12.8. The SMILES string of the molecule is CN1CCC(S(=O)(=O)c2cc(F)ccc2N)C1=O. The Balaban J connectivity index is 2.49. The van der Waals surface area contributed by atoms with E-state index in [2.05, 4.69) is 0 Å². The molecule has 0 aliphatic carbocycles. The van der Waals surface area contributed by atoms with Crippen LogP contribution in [-0.2, 0) is 14.6 Å². The summed E-state index contributed by atoms with van der Waals surface area (Å²) in [4.78, 5) is 12.8. The number of hydrogen-bond donors (Lipinski definition) is 1. The van der Waals surface area contributed by atoms with Crippen LogP contribution in [0, 0.1) is 5.82 Å². The van der Waals surface area contributed by atoms with Gasteiger partial charge in [-0.15, -0.1) is 0 Å². The van der Waals surface area contributed by atoms with Gasteiger partial charge in [-0.2, -0.15) is 0 Å². The van der Waals surface area contributed by atoms with Gasteiger partial charge in [-0.05, 0) is 24.6 Å². The summed E-state index contributed by atoms with van der Waals surface area (Å²) >= 11 is 0. The molecular formula is C11H13FN2O3S. The number of nitrogen functional groups attached to an aromatic ring is 1. The molecular weight excluding hydrogens is 259 g/mol. The van der Waals surface area contributed by atoms with E-state index in [9.17, 15) is 17.6 Å². The fourth-order valence-corrected chi connectivity index (χ4v) is 3.83. The average Bonchev–Trinajstić information content (AvgIpc) is 2.63. The summed E-state index contributed by atoms with van der Waals surface area (Å²) in [6.45, 7) is 0.373. The summed E-state index contributed by atoms with van der Waals surface area (Å²) < 4.78 is 37.7. The number of sulfone groups is 1. The van der Waals surface area contributed by atoms with Crippen LogP contribution >= 0.6 is 0 Å². The van der Waals surface area contributed by atoms with Crippen LogP contribution < -0.4 is 5.73 Å². The molecule has 5 nitrogen and oxygen atoms in total. The molecule has 1 heterocycles. The Bertz CT molecular complexity index is 600. The molecule has 1 amide bonds. The first-order valence-electron chi connectivity index (χ1n) is 5.38. The quantitative estimate of drug-likeness (QED) is 0.791. The topological polar surface area (TPSA) is 80.5 Å². The number of carbonyl (C=O) groups excluding carboxylic acids is 1. The second-order valence-corrected chi connectivity index (χ2v) is 6.36. The number of rotatable bonds is 2. The first-order valence-corrected chi connectivity index (χ1v) is 6.92. The third-order valence-electron chi connectivity index (χ3n) is 3.04. The maximum absolute atomic E-state index is 13.1. The molecule has 2 N–H and O–H groups in total. The molecule has 1 aromatic rings. The standard InChI is InChI=1S/C11H13FN2O3S/c1-14-5-4-9(11(14)15)18(16,17)10-6-7(12)2-3-8(10)13/h2-3,6,9H,4-5,13H2,1H3. The molecule has 7 heteroatoms. The number of benzene rings is 1. The van der Waals surface area contributed by atoms with Crippen LogP contribution in [0.5, 0.6) is 0 Å². The van der Waals surface area contributed by atoms with Crippen LogP contribution in [0.25, 0.3) is 0 Å². The largest absolute Gasteiger partial charge is 0.398 e. The van der Waals surface area contributed by atoms with Gasteiger partial charge in [0.1, 0.15) is 11.1 Å². The van der Waals surface area contributed by atoms with Crippen molar-refractivity contribution in [1.82, 2.24) is 4.90 Å². The molecule has 1 saturated heterocycles. The Hall–Kier alpha value is -1.63. The summed E-state index contributed by atoms with van der Waals surface area (Å²) in [6.07, 6.45) is 0.202. The number of halogens is 1. The Labute approximate surface area is 104 Å². The molecule has 2 rings (SSSR count). The molecule has 1 unspecified atom stereocenters. The smallest absolute Gasteiger partial charge is 0.241 e. The summed E-state index contributed by atoms with van der Waals surface area (Å²) in [5.74, 6) is -1.17. The van der Waals surface area contributed by atoms with E-state index >= 15 is 0 Å². The van der Waals surface area contributed by atoms with E-state index in [0.717, 1.165) is 12.1 Å². The second-order valence-electron chi connectivity index (χ2n) is 4.26. The lowest BCUT2D eigenvalue weighted by molar-refractivity contribution is -0.126. The first-order chi connectivity index (χ1) is 8.34. The van der Waals surface area contributed by atoms with Crippen LogP contribution in [0.2, 0.25) is 0 Å². The third kappa shape index (κ3) is 1.94. The molecule has 1 aliphatic rings. The van der Waals surface area contributed by atoms with Crippen LogP contribution in [0.1, 0.15) is 6.42 Å². The van der Waals surface area contributed by atoms with Crippen molar-refractivity contribution in [3.05, 3.63) is 24.0 Å². The van der Waals surface area contributed by atoms with Crippen molar-refractivity contribution in [3.8, 4) is 0 Å². The van der Waals surface area contributed by atoms with Gasteiger partial charge in [0, 0.05) is 13.6 Å². The molecule has 0 spiro atoms. The average molecular weight is 272 g/mol. The normalized spacial score (nSPS) is 20.4. The van der Waals surface area contributed by atoms with Crippen molar-refractivity contribution < 1.29 is 17.6 Å². The highest BCUT2D eigenvalue weighted by molar-refractivity contribution is 7.93. The van der Waals surface area contributed by atoms with E-state index in [1.54, 1.807) is 0 Å². The summed E-state index contributed by atoms with van der Waals surface area (Å²) in [6, 6.07) is 3.12. The third-order valence-corrected chi connectivity index (χ3v) is 5.19. The number of amides is 1. The van der Waals surface area contributed by atoms with Crippen molar-refractivity contribution in [1.29, 1.82) is 0 Å². The van der Waals surface area contributed by atoms with Gasteiger partial charge < -0.3 is 10.6 Å². The highest BCUT2D eigenvalue weighted by Gasteiger charge is 2.41. The Morgan fingerprint density at radius 1 is 1.44 bits per heavy atom. The maximum Gasteiger partial charge on any atom is 0.241 e. The van der Waals surface area contributed by atoms with Crippen LogP contribution in [-0.4, -0.2) is 38.1 Å². The maximum atomic E-state index is 13.1. The number of nitrogens with zero attached hydrogens (tertiary/aromatic N) is 1. The number of carbonyl (C=O) groups is 1. The van der Waals surface area contributed by atoms with Gasteiger partial charge in [-0.25, -0.2) is 12.8 Å². The minimum absolute atomic E-state index is 0.0428. The highest BCUT2D eigenvalue weighted by Crippen LogP contribution is 2.28. The van der Waals surface area contributed by atoms with E-state index in [0.29, 0.717) is 6.54 Å². The molecule has 1 fully saturated rings. The summed E-state index contributed by atoms with van der Waals surface area (Å²) in [5.41, 5.74) is 5.51. The van der Waals surface area contributed by atoms with E-state index in [1.165, 1.54) is 18.0 Å². The van der Waals surface area contributed by atoms with Crippen LogP contribution in [0.4, 0.5) is 10.1 Å². The van der Waals surface area contributed by atoms with E-state index < -0.39 is 26.8 Å². The van der Waals surface area contributed by atoms with Crippen LogP contribution in [0.15, 0.2) is 23.1 Å². The molecule has 0 saturated carbocycles. The molecule has 1 aliphatic heterocycles.